The van der Waals surface area contributed by atoms with Crippen molar-refractivity contribution < 1.29 is 13.2 Å². The summed E-state index contributed by atoms with van der Waals surface area (Å²) in [7, 11) is -3.28. The summed E-state index contributed by atoms with van der Waals surface area (Å²) in [5.74, 6) is 4.68. The first-order chi connectivity index (χ1) is 17.0. The number of ether oxygens (including phenoxy) is 1. The highest BCUT2D eigenvalue weighted by Crippen LogP contribution is 2.65. The van der Waals surface area contributed by atoms with E-state index in [4.69, 9.17) is 4.74 Å². The van der Waals surface area contributed by atoms with Crippen LogP contribution in [-0.2, 0) is 14.8 Å². The summed E-state index contributed by atoms with van der Waals surface area (Å²) in [5.41, 5.74) is 3.87. The Hall–Kier alpha value is -0.720. The van der Waals surface area contributed by atoms with Crippen molar-refractivity contribution in [3.05, 3.63) is 11.1 Å². The molecule has 1 spiro atoms. The molecule has 6 aliphatic rings. The highest BCUT2D eigenvalue weighted by atomic mass is 32.2. The standard InChI is InChI=1S/C30H48N2O3S/c1-18-12-27-28(31-16-18)20(3)30(35-27)11-9-23-24-7-6-22-13-21(17-32-36(5,33)34)8-10-29(22,4)26(24)14-25(23)19(2)15-30/h17-18,20-24,26-28,31H,6-16H2,1-5H3/t18-,20+,21?,22+,23-,24-,26-,27+,28-,29-,30-/m0/s1. The third-order valence-corrected chi connectivity index (χ3v) is 12.6. The van der Waals surface area contributed by atoms with Gasteiger partial charge in [-0.25, -0.2) is 8.42 Å². The van der Waals surface area contributed by atoms with Gasteiger partial charge in [-0.05, 0) is 119 Å². The normalized spacial score (nSPS) is 51.1. The molecular weight excluding hydrogens is 468 g/mol. The maximum atomic E-state index is 11.6. The molecule has 36 heavy (non-hydrogen) atoms. The van der Waals surface area contributed by atoms with Crippen LogP contribution in [0.3, 0.4) is 0 Å². The smallest absolute Gasteiger partial charge is 0.249 e. The molecule has 5 fully saturated rings. The molecule has 202 valence electrons. The second-order valence-electron chi connectivity index (χ2n) is 14.2. The number of nitrogens with zero attached hydrogens (tertiary/aromatic N) is 1. The second-order valence-corrected chi connectivity index (χ2v) is 15.9. The van der Waals surface area contributed by atoms with Crippen molar-refractivity contribution >= 4 is 16.2 Å². The Bertz CT molecular complexity index is 1050. The molecule has 4 aliphatic carbocycles. The minimum Gasteiger partial charge on any atom is -0.369 e. The lowest BCUT2D eigenvalue weighted by Crippen LogP contribution is -2.48. The first-order valence-corrected chi connectivity index (χ1v) is 16.7. The monoisotopic (exact) mass is 516 g/mol. The van der Waals surface area contributed by atoms with Crippen LogP contribution in [0.5, 0.6) is 0 Å². The van der Waals surface area contributed by atoms with Gasteiger partial charge in [-0.1, -0.05) is 31.9 Å². The van der Waals surface area contributed by atoms with E-state index in [9.17, 15) is 8.42 Å². The molecule has 0 aromatic rings. The summed E-state index contributed by atoms with van der Waals surface area (Å²) in [4.78, 5) is 0. The molecular formula is C30H48N2O3S. The molecule has 5 nitrogen and oxygen atoms in total. The SMILES string of the molecule is CC1=C2C[C@H]3[C@@H](CC[C@@H]4CC(C=NS(C)(=O)=O)CC[C@@]43C)[C@@H]2CC[C@@]2(C1)O[C@@H]1C[C@H](C)CN[C@H]1[C@H]2C. The summed E-state index contributed by atoms with van der Waals surface area (Å²) in [6.45, 7) is 11.0. The molecule has 0 radical (unpaired) electrons. The number of rotatable bonds is 2. The van der Waals surface area contributed by atoms with Gasteiger partial charge in [-0.2, -0.15) is 4.40 Å². The van der Waals surface area contributed by atoms with E-state index in [1.54, 1.807) is 17.4 Å². The molecule has 6 heteroatoms. The van der Waals surface area contributed by atoms with Gasteiger partial charge >= 0.3 is 0 Å². The van der Waals surface area contributed by atoms with Gasteiger partial charge in [0.25, 0.3) is 0 Å². The van der Waals surface area contributed by atoms with Crippen LogP contribution in [0, 0.1) is 46.8 Å². The van der Waals surface area contributed by atoms with E-state index in [-0.39, 0.29) is 5.60 Å². The van der Waals surface area contributed by atoms with E-state index in [0.29, 0.717) is 41.2 Å². The minimum atomic E-state index is -3.28. The number of hydrogen-bond donors (Lipinski definition) is 1. The Balaban J connectivity index is 1.21. The first kappa shape index (κ1) is 25.6. The predicted octanol–water partition coefficient (Wildman–Crippen LogP) is 5.76. The molecule has 0 aromatic carbocycles. The maximum absolute atomic E-state index is 11.6. The molecule has 1 unspecified atom stereocenters. The van der Waals surface area contributed by atoms with Crippen molar-refractivity contribution in [2.75, 3.05) is 12.8 Å². The van der Waals surface area contributed by atoms with Crippen LogP contribution < -0.4 is 5.32 Å². The molecule has 0 aromatic heterocycles. The Morgan fingerprint density at radius 1 is 1.11 bits per heavy atom. The van der Waals surface area contributed by atoms with Gasteiger partial charge in [-0.15, -0.1) is 0 Å². The average Bonchev–Trinajstić information content (AvgIpc) is 3.27. The summed E-state index contributed by atoms with van der Waals surface area (Å²) in [6.07, 6.45) is 15.6. The van der Waals surface area contributed by atoms with Crippen LogP contribution in [0.4, 0.5) is 0 Å². The molecule has 0 bridgehead atoms. The lowest BCUT2D eigenvalue weighted by molar-refractivity contribution is -0.0746. The second kappa shape index (κ2) is 8.91. The largest absolute Gasteiger partial charge is 0.369 e. The summed E-state index contributed by atoms with van der Waals surface area (Å²) in [6, 6.07) is 0.528. The van der Waals surface area contributed by atoms with Gasteiger partial charge in [0, 0.05) is 18.2 Å². The molecule has 6 rings (SSSR count). The molecule has 3 saturated carbocycles. The van der Waals surface area contributed by atoms with Gasteiger partial charge in [0.05, 0.1) is 18.0 Å². The van der Waals surface area contributed by atoms with Crippen molar-refractivity contribution in [3.63, 3.8) is 0 Å². The van der Waals surface area contributed by atoms with Gasteiger partial charge in [0.15, 0.2) is 0 Å². The van der Waals surface area contributed by atoms with Crippen molar-refractivity contribution in [1.29, 1.82) is 0 Å². The van der Waals surface area contributed by atoms with E-state index >= 15 is 0 Å². The zero-order chi connectivity index (χ0) is 25.5. The van der Waals surface area contributed by atoms with Crippen molar-refractivity contribution in [2.24, 2.45) is 51.2 Å². The molecule has 11 atom stereocenters. The number of piperidine rings is 1. The van der Waals surface area contributed by atoms with E-state index in [0.717, 1.165) is 43.6 Å². The van der Waals surface area contributed by atoms with E-state index in [1.165, 1.54) is 51.2 Å². The number of sulfonamides is 1. The van der Waals surface area contributed by atoms with Crippen molar-refractivity contribution in [1.82, 2.24) is 5.32 Å². The molecule has 0 amide bonds. The zero-order valence-corrected chi connectivity index (χ0v) is 23.9. The topological polar surface area (TPSA) is 67.8 Å². The number of allylic oxidation sites excluding steroid dienone is 1. The first-order valence-electron chi connectivity index (χ1n) is 14.8. The molecule has 2 heterocycles. The Morgan fingerprint density at radius 2 is 1.92 bits per heavy atom. The summed E-state index contributed by atoms with van der Waals surface area (Å²) < 4.78 is 34.0. The van der Waals surface area contributed by atoms with Gasteiger partial charge in [0.1, 0.15) is 0 Å². The number of hydrogen-bond acceptors (Lipinski definition) is 4. The van der Waals surface area contributed by atoms with Crippen LogP contribution in [0.2, 0.25) is 0 Å². The number of nitrogens with one attached hydrogen (secondary N) is 1. The summed E-state index contributed by atoms with van der Waals surface area (Å²) >= 11 is 0. The fourth-order valence-corrected chi connectivity index (χ4v) is 10.6. The lowest BCUT2D eigenvalue weighted by atomic mass is 9.51. The van der Waals surface area contributed by atoms with Gasteiger partial charge < -0.3 is 10.1 Å². The van der Waals surface area contributed by atoms with Crippen LogP contribution in [-0.4, -0.2) is 45.2 Å². The Labute approximate surface area is 219 Å². The Morgan fingerprint density at radius 3 is 2.69 bits per heavy atom. The third kappa shape index (κ3) is 4.16. The van der Waals surface area contributed by atoms with Crippen LogP contribution in [0.15, 0.2) is 15.5 Å². The van der Waals surface area contributed by atoms with Crippen LogP contribution in [0.25, 0.3) is 0 Å². The van der Waals surface area contributed by atoms with E-state index < -0.39 is 10.0 Å². The molecule has 2 saturated heterocycles. The highest BCUT2D eigenvalue weighted by Gasteiger charge is 2.59. The van der Waals surface area contributed by atoms with E-state index in [1.807, 2.05) is 0 Å². The van der Waals surface area contributed by atoms with Crippen LogP contribution in [0.1, 0.15) is 91.9 Å². The third-order valence-electron chi connectivity index (χ3n) is 12.1. The fraction of sp³-hybridized carbons (Fsp3) is 0.900. The lowest BCUT2D eigenvalue weighted by Gasteiger charge is -2.54. The van der Waals surface area contributed by atoms with Crippen molar-refractivity contribution in [3.8, 4) is 0 Å². The number of fused-ring (bicyclic) bond motifs is 6. The van der Waals surface area contributed by atoms with E-state index in [2.05, 4.69) is 37.4 Å². The van der Waals surface area contributed by atoms with Gasteiger partial charge in [0.2, 0.25) is 10.0 Å². The summed E-state index contributed by atoms with van der Waals surface area (Å²) in [5, 5.41) is 3.86. The fourth-order valence-electron chi connectivity index (χ4n) is 10.2. The van der Waals surface area contributed by atoms with Crippen LogP contribution >= 0.6 is 0 Å². The van der Waals surface area contributed by atoms with Crippen molar-refractivity contribution in [2.45, 2.75) is 110 Å². The van der Waals surface area contributed by atoms with Gasteiger partial charge in [-0.3, -0.25) is 0 Å². The molecule has 1 N–H and O–H groups in total. The predicted molar refractivity (Wildman–Crippen MR) is 145 cm³/mol. The highest BCUT2D eigenvalue weighted by molar-refractivity contribution is 7.89. The molecule has 2 aliphatic heterocycles. The quantitative estimate of drug-likeness (QED) is 0.374. The average molecular weight is 517 g/mol. The minimum absolute atomic E-state index is 0.0292. The maximum Gasteiger partial charge on any atom is 0.249 e. The Kier molecular flexibility index (Phi) is 6.32. The zero-order valence-electron chi connectivity index (χ0n) is 23.1.